The highest BCUT2D eigenvalue weighted by Crippen LogP contribution is 2.62. The molecule has 0 spiro atoms. The van der Waals surface area contributed by atoms with Gasteiger partial charge in [0.2, 0.25) is 0 Å². The van der Waals surface area contributed by atoms with Crippen LogP contribution in [0.1, 0.15) is 40.0 Å². The summed E-state index contributed by atoms with van der Waals surface area (Å²) in [6.45, 7) is 7.33. The van der Waals surface area contributed by atoms with Gasteiger partial charge in [-0.15, -0.1) is 0 Å². The molecule has 3 unspecified atom stereocenters. The second-order valence-electron chi connectivity index (χ2n) is 4.75. The fraction of sp³-hybridized carbons (Fsp3) is 1.00. The monoisotopic (exact) mass is 138 g/mol. The molecule has 0 nitrogen and oxygen atoms in total. The van der Waals surface area contributed by atoms with Crippen molar-refractivity contribution in [3.63, 3.8) is 0 Å². The summed E-state index contributed by atoms with van der Waals surface area (Å²) in [7, 11) is 0. The van der Waals surface area contributed by atoms with E-state index in [0.717, 1.165) is 23.2 Å². The Morgan fingerprint density at radius 3 is 2.10 bits per heavy atom. The van der Waals surface area contributed by atoms with Gasteiger partial charge < -0.3 is 0 Å². The second kappa shape index (κ2) is 1.78. The summed E-state index contributed by atoms with van der Waals surface area (Å²) in [5, 5.41) is 0. The van der Waals surface area contributed by atoms with Crippen molar-refractivity contribution in [3.05, 3.63) is 0 Å². The molecule has 58 valence electrons. The summed E-state index contributed by atoms with van der Waals surface area (Å²) in [6.07, 6.45) is 4.54. The Labute approximate surface area is 64.0 Å². The predicted molar refractivity (Wildman–Crippen MR) is 43.8 cm³/mol. The lowest BCUT2D eigenvalue weighted by Crippen LogP contribution is -2.44. The topological polar surface area (TPSA) is 0 Å². The third-order valence-electron chi connectivity index (χ3n) is 4.17. The predicted octanol–water partition coefficient (Wildman–Crippen LogP) is 3.08. The average Bonchev–Trinajstić information content (AvgIpc) is 2.68. The standard InChI is InChI=1S/C10H18/c1-7-6-10(3,8(7)2)9-4-5-9/h7-9H,4-6H2,1-3H3. The molecule has 2 aliphatic rings. The molecule has 0 aromatic carbocycles. The maximum atomic E-state index is 2.50. The van der Waals surface area contributed by atoms with Crippen LogP contribution in [0.5, 0.6) is 0 Å². The van der Waals surface area contributed by atoms with Crippen molar-refractivity contribution < 1.29 is 0 Å². The Kier molecular flexibility index (Phi) is 1.19. The van der Waals surface area contributed by atoms with Crippen molar-refractivity contribution in [1.29, 1.82) is 0 Å². The van der Waals surface area contributed by atoms with Crippen molar-refractivity contribution in [2.75, 3.05) is 0 Å². The van der Waals surface area contributed by atoms with E-state index in [-0.39, 0.29) is 0 Å². The summed E-state index contributed by atoms with van der Waals surface area (Å²) in [5.74, 6) is 3.12. The molecule has 0 aliphatic heterocycles. The van der Waals surface area contributed by atoms with Gasteiger partial charge in [0, 0.05) is 0 Å². The van der Waals surface area contributed by atoms with Crippen LogP contribution in [0.15, 0.2) is 0 Å². The Morgan fingerprint density at radius 2 is 1.80 bits per heavy atom. The van der Waals surface area contributed by atoms with E-state index in [2.05, 4.69) is 20.8 Å². The molecular formula is C10H18. The molecular weight excluding hydrogens is 120 g/mol. The fourth-order valence-corrected chi connectivity index (χ4v) is 2.83. The van der Waals surface area contributed by atoms with Crippen molar-refractivity contribution in [2.45, 2.75) is 40.0 Å². The van der Waals surface area contributed by atoms with Crippen LogP contribution in [0.3, 0.4) is 0 Å². The quantitative estimate of drug-likeness (QED) is 0.522. The highest BCUT2D eigenvalue weighted by molar-refractivity contribution is 5.02. The zero-order valence-corrected chi connectivity index (χ0v) is 7.35. The van der Waals surface area contributed by atoms with Gasteiger partial charge in [-0.3, -0.25) is 0 Å². The van der Waals surface area contributed by atoms with Crippen LogP contribution in [0, 0.1) is 23.2 Å². The van der Waals surface area contributed by atoms with E-state index >= 15 is 0 Å². The lowest BCUT2D eigenvalue weighted by Gasteiger charge is -2.51. The molecule has 2 rings (SSSR count). The summed E-state index contributed by atoms with van der Waals surface area (Å²) < 4.78 is 0. The van der Waals surface area contributed by atoms with Crippen LogP contribution in [0.25, 0.3) is 0 Å². The summed E-state index contributed by atoms with van der Waals surface area (Å²) in [6, 6.07) is 0. The minimum Gasteiger partial charge on any atom is -0.0622 e. The first kappa shape index (κ1) is 6.69. The minimum absolute atomic E-state index is 0.763. The highest BCUT2D eigenvalue weighted by atomic mass is 14.6. The number of rotatable bonds is 1. The SMILES string of the molecule is CC1CC(C)(C2CC2)C1C. The third-order valence-corrected chi connectivity index (χ3v) is 4.17. The first-order valence-corrected chi connectivity index (χ1v) is 4.64. The minimum atomic E-state index is 0.763. The van der Waals surface area contributed by atoms with Gasteiger partial charge in [0.1, 0.15) is 0 Å². The van der Waals surface area contributed by atoms with Crippen LogP contribution in [-0.2, 0) is 0 Å². The first-order valence-electron chi connectivity index (χ1n) is 4.64. The van der Waals surface area contributed by atoms with E-state index in [1.807, 2.05) is 0 Å². The van der Waals surface area contributed by atoms with Crippen molar-refractivity contribution in [2.24, 2.45) is 23.2 Å². The largest absolute Gasteiger partial charge is 0.0622 e. The molecule has 0 heteroatoms. The van der Waals surface area contributed by atoms with Gasteiger partial charge in [-0.25, -0.2) is 0 Å². The number of hydrogen-bond donors (Lipinski definition) is 0. The zero-order valence-electron chi connectivity index (χ0n) is 7.35. The number of hydrogen-bond acceptors (Lipinski definition) is 0. The average molecular weight is 138 g/mol. The van der Waals surface area contributed by atoms with Gasteiger partial charge in [-0.2, -0.15) is 0 Å². The molecule has 2 aliphatic carbocycles. The Hall–Kier alpha value is 0. The Morgan fingerprint density at radius 1 is 1.20 bits per heavy atom. The molecule has 0 amide bonds. The zero-order chi connectivity index (χ0) is 7.35. The van der Waals surface area contributed by atoms with E-state index in [1.54, 1.807) is 0 Å². The summed E-state index contributed by atoms with van der Waals surface area (Å²) in [4.78, 5) is 0. The maximum Gasteiger partial charge on any atom is -0.0267 e. The molecule has 0 heterocycles. The molecule has 2 saturated carbocycles. The highest BCUT2D eigenvalue weighted by Gasteiger charge is 2.53. The van der Waals surface area contributed by atoms with Crippen LogP contribution in [0.2, 0.25) is 0 Å². The molecule has 10 heavy (non-hydrogen) atoms. The second-order valence-corrected chi connectivity index (χ2v) is 4.75. The summed E-state index contributed by atoms with van der Waals surface area (Å²) in [5.41, 5.74) is 0.763. The van der Waals surface area contributed by atoms with Crippen molar-refractivity contribution in [1.82, 2.24) is 0 Å². The van der Waals surface area contributed by atoms with Gasteiger partial charge in [0.05, 0.1) is 0 Å². The molecule has 0 bridgehead atoms. The van der Waals surface area contributed by atoms with Crippen LogP contribution >= 0.6 is 0 Å². The lowest BCUT2D eigenvalue weighted by atomic mass is 9.54. The van der Waals surface area contributed by atoms with E-state index in [4.69, 9.17) is 0 Å². The molecule has 0 radical (unpaired) electrons. The smallest absolute Gasteiger partial charge is 0.0267 e. The molecule has 0 saturated heterocycles. The van der Waals surface area contributed by atoms with E-state index in [9.17, 15) is 0 Å². The van der Waals surface area contributed by atoms with E-state index < -0.39 is 0 Å². The van der Waals surface area contributed by atoms with Gasteiger partial charge in [0.15, 0.2) is 0 Å². The van der Waals surface area contributed by atoms with Gasteiger partial charge >= 0.3 is 0 Å². The van der Waals surface area contributed by atoms with Gasteiger partial charge in [-0.1, -0.05) is 20.8 Å². The van der Waals surface area contributed by atoms with Gasteiger partial charge in [-0.05, 0) is 42.4 Å². The molecule has 2 fully saturated rings. The fourth-order valence-electron chi connectivity index (χ4n) is 2.83. The molecule has 0 aromatic rings. The van der Waals surface area contributed by atoms with Crippen molar-refractivity contribution in [3.8, 4) is 0 Å². The van der Waals surface area contributed by atoms with Crippen LogP contribution in [0.4, 0.5) is 0 Å². The molecule has 3 atom stereocenters. The normalized spacial score (nSPS) is 54.3. The van der Waals surface area contributed by atoms with Crippen LogP contribution < -0.4 is 0 Å². The Bertz CT molecular complexity index is 146. The van der Waals surface area contributed by atoms with Crippen molar-refractivity contribution >= 4 is 0 Å². The summed E-state index contributed by atoms with van der Waals surface area (Å²) >= 11 is 0. The van der Waals surface area contributed by atoms with E-state index in [1.165, 1.54) is 19.3 Å². The molecule has 0 aromatic heterocycles. The van der Waals surface area contributed by atoms with E-state index in [0.29, 0.717) is 0 Å². The first-order chi connectivity index (χ1) is 4.64. The van der Waals surface area contributed by atoms with Crippen LogP contribution in [-0.4, -0.2) is 0 Å². The lowest BCUT2D eigenvalue weighted by molar-refractivity contribution is -0.0242. The third kappa shape index (κ3) is 0.681. The Balaban J connectivity index is 2.04. The molecule has 0 N–H and O–H groups in total. The van der Waals surface area contributed by atoms with Gasteiger partial charge in [0.25, 0.3) is 0 Å². The maximum absolute atomic E-state index is 2.50.